The number of aromatic nitrogens is 3. The summed E-state index contributed by atoms with van der Waals surface area (Å²) in [6.07, 6.45) is 0.847. The first-order valence-corrected chi connectivity index (χ1v) is 10.0. The molecule has 1 N–H and O–H groups in total. The minimum absolute atomic E-state index is 0.261. The maximum atomic E-state index is 12.5. The SMILES string of the molecule is C/N=C(OC)\C(=C/NC=O)c1cc(-c2ccn(Cc3cccc(OC(F)(F)F)c3)c2)c(C)nn1. The maximum Gasteiger partial charge on any atom is 0.573 e. The predicted molar refractivity (Wildman–Crippen MR) is 120 cm³/mol. The Bertz CT molecular complexity index is 1220. The number of alkyl halides is 3. The van der Waals surface area contributed by atoms with Gasteiger partial charge in [-0.25, -0.2) is 0 Å². The molecule has 0 atom stereocenters. The van der Waals surface area contributed by atoms with E-state index in [2.05, 4.69) is 25.2 Å². The molecule has 0 saturated heterocycles. The third kappa shape index (κ3) is 6.21. The monoisotopic (exact) mass is 473 g/mol. The van der Waals surface area contributed by atoms with Crippen molar-refractivity contribution in [3.05, 3.63) is 71.9 Å². The smallest absolute Gasteiger partial charge is 0.481 e. The largest absolute Gasteiger partial charge is 0.573 e. The average molecular weight is 473 g/mol. The van der Waals surface area contributed by atoms with Gasteiger partial charge in [0.05, 0.1) is 18.4 Å². The molecule has 1 amide bonds. The number of ether oxygens (including phenoxy) is 2. The van der Waals surface area contributed by atoms with E-state index in [1.807, 2.05) is 23.0 Å². The number of carbonyl (C=O) groups is 1. The van der Waals surface area contributed by atoms with Crippen molar-refractivity contribution in [2.24, 2.45) is 4.99 Å². The average Bonchev–Trinajstić information content (AvgIpc) is 3.24. The number of hydrogen-bond donors (Lipinski definition) is 1. The summed E-state index contributed by atoms with van der Waals surface area (Å²) in [7, 11) is 3.00. The molecule has 0 radical (unpaired) electrons. The number of carbonyl (C=O) groups excluding carboxylic acids is 1. The van der Waals surface area contributed by atoms with E-state index in [1.54, 1.807) is 26.1 Å². The van der Waals surface area contributed by atoms with Crippen LogP contribution in [-0.2, 0) is 16.1 Å². The van der Waals surface area contributed by atoms with Gasteiger partial charge in [-0.2, -0.15) is 5.10 Å². The topological polar surface area (TPSA) is 90.6 Å². The summed E-state index contributed by atoms with van der Waals surface area (Å²) in [6, 6.07) is 9.48. The highest BCUT2D eigenvalue weighted by molar-refractivity contribution is 6.19. The molecule has 2 heterocycles. The van der Waals surface area contributed by atoms with Crippen molar-refractivity contribution in [1.82, 2.24) is 20.1 Å². The number of amides is 1. The Balaban J connectivity index is 1.89. The minimum atomic E-state index is -4.75. The van der Waals surface area contributed by atoms with Gasteiger partial charge in [0, 0.05) is 43.3 Å². The number of nitrogens with zero attached hydrogens (tertiary/aromatic N) is 4. The summed E-state index contributed by atoms with van der Waals surface area (Å²) in [5.74, 6) is -0.0111. The Labute approximate surface area is 193 Å². The van der Waals surface area contributed by atoms with Crippen LogP contribution in [0.1, 0.15) is 17.0 Å². The molecule has 0 spiro atoms. The van der Waals surface area contributed by atoms with Crippen molar-refractivity contribution in [3.63, 3.8) is 0 Å². The molecule has 0 aliphatic carbocycles. The normalized spacial score (nSPS) is 12.4. The van der Waals surface area contributed by atoms with Crippen molar-refractivity contribution >= 4 is 17.9 Å². The number of nitrogens with one attached hydrogen (secondary N) is 1. The molecule has 11 heteroatoms. The van der Waals surface area contributed by atoms with E-state index in [9.17, 15) is 18.0 Å². The van der Waals surface area contributed by atoms with E-state index in [0.717, 1.165) is 11.1 Å². The van der Waals surface area contributed by atoms with Gasteiger partial charge >= 0.3 is 6.36 Å². The van der Waals surface area contributed by atoms with Crippen LogP contribution in [-0.4, -0.2) is 47.6 Å². The van der Waals surface area contributed by atoms with Crippen molar-refractivity contribution in [3.8, 4) is 16.9 Å². The highest BCUT2D eigenvalue weighted by atomic mass is 19.4. The van der Waals surface area contributed by atoms with Crippen LogP contribution in [0.4, 0.5) is 13.2 Å². The molecule has 0 aliphatic heterocycles. The van der Waals surface area contributed by atoms with Gasteiger partial charge < -0.3 is 19.4 Å². The number of aryl methyl sites for hydroxylation is 1. The van der Waals surface area contributed by atoms with Crippen LogP contribution in [0.5, 0.6) is 5.75 Å². The molecular formula is C23H22F3N5O3. The van der Waals surface area contributed by atoms with Crippen molar-refractivity contribution < 1.29 is 27.4 Å². The van der Waals surface area contributed by atoms with Crippen LogP contribution in [0.15, 0.2) is 60.0 Å². The Morgan fingerprint density at radius 3 is 2.71 bits per heavy atom. The molecule has 3 aromatic rings. The van der Waals surface area contributed by atoms with E-state index in [0.29, 0.717) is 35.5 Å². The quantitative estimate of drug-likeness (QED) is 0.304. The van der Waals surface area contributed by atoms with Crippen LogP contribution in [0.3, 0.4) is 0 Å². The zero-order chi connectivity index (χ0) is 24.7. The third-order valence-corrected chi connectivity index (χ3v) is 4.74. The first-order valence-electron chi connectivity index (χ1n) is 10.0. The molecule has 0 aliphatic rings. The number of aliphatic imine (C=N–C) groups is 1. The molecule has 0 unspecified atom stereocenters. The summed E-state index contributed by atoms with van der Waals surface area (Å²) in [5.41, 5.74) is 3.78. The van der Waals surface area contributed by atoms with Crippen LogP contribution in [0, 0.1) is 6.92 Å². The fourth-order valence-electron chi connectivity index (χ4n) is 3.31. The summed E-state index contributed by atoms with van der Waals surface area (Å²) in [5, 5.41) is 10.9. The van der Waals surface area contributed by atoms with Crippen molar-refractivity contribution in [2.75, 3.05) is 14.2 Å². The van der Waals surface area contributed by atoms with Crippen LogP contribution < -0.4 is 10.1 Å². The zero-order valence-corrected chi connectivity index (χ0v) is 18.6. The van der Waals surface area contributed by atoms with E-state index < -0.39 is 6.36 Å². The van der Waals surface area contributed by atoms with Gasteiger partial charge in [0.15, 0.2) is 0 Å². The highest BCUT2D eigenvalue weighted by Gasteiger charge is 2.31. The molecule has 2 aromatic heterocycles. The molecule has 178 valence electrons. The van der Waals surface area contributed by atoms with Gasteiger partial charge in [-0.1, -0.05) is 12.1 Å². The molecule has 0 fully saturated rings. The first kappa shape index (κ1) is 24.5. The van der Waals surface area contributed by atoms with Gasteiger partial charge in [-0.05, 0) is 36.8 Å². The summed E-state index contributed by atoms with van der Waals surface area (Å²) in [6.45, 7) is 2.14. The number of rotatable bonds is 8. The van der Waals surface area contributed by atoms with E-state index >= 15 is 0 Å². The molecule has 0 bridgehead atoms. The first-order chi connectivity index (χ1) is 16.2. The van der Waals surface area contributed by atoms with Crippen LogP contribution in [0.25, 0.3) is 16.7 Å². The lowest BCUT2D eigenvalue weighted by molar-refractivity contribution is -0.274. The summed E-state index contributed by atoms with van der Waals surface area (Å²) >= 11 is 0. The van der Waals surface area contributed by atoms with Gasteiger partial charge in [0.1, 0.15) is 11.4 Å². The minimum Gasteiger partial charge on any atom is -0.481 e. The molecule has 1 aromatic carbocycles. The standard InChI is InChI=1S/C23H22F3N5O3/c1-15-19(10-21(30-29-15)20(11-28-14-32)22(27-2)33-3)17-7-8-31(13-17)12-16-5-4-6-18(9-16)34-23(24,25)26/h4-11,13-14H,12H2,1-3H3,(H,28,32)/b20-11-,27-22+. The van der Waals surface area contributed by atoms with Gasteiger partial charge in [-0.3, -0.25) is 9.79 Å². The van der Waals surface area contributed by atoms with Gasteiger partial charge in [0.2, 0.25) is 12.3 Å². The fourth-order valence-corrected chi connectivity index (χ4v) is 3.31. The summed E-state index contributed by atoms with van der Waals surface area (Å²) < 4.78 is 48.6. The van der Waals surface area contributed by atoms with E-state index in [-0.39, 0.29) is 11.6 Å². The molecule has 3 rings (SSSR count). The maximum absolute atomic E-state index is 12.5. The van der Waals surface area contributed by atoms with Crippen molar-refractivity contribution in [1.29, 1.82) is 0 Å². The van der Waals surface area contributed by atoms with Gasteiger partial charge in [-0.15, -0.1) is 18.3 Å². The van der Waals surface area contributed by atoms with Crippen LogP contribution >= 0.6 is 0 Å². The van der Waals surface area contributed by atoms with Gasteiger partial charge in [0.25, 0.3) is 0 Å². The highest BCUT2D eigenvalue weighted by Crippen LogP contribution is 2.27. The summed E-state index contributed by atoms with van der Waals surface area (Å²) in [4.78, 5) is 14.8. The zero-order valence-electron chi connectivity index (χ0n) is 18.6. The molecule has 34 heavy (non-hydrogen) atoms. The predicted octanol–water partition coefficient (Wildman–Crippen LogP) is 3.96. The Morgan fingerprint density at radius 2 is 2.03 bits per heavy atom. The van der Waals surface area contributed by atoms with Crippen molar-refractivity contribution in [2.45, 2.75) is 19.8 Å². The Hall–Kier alpha value is -4.15. The third-order valence-electron chi connectivity index (χ3n) is 4.74. The second-order valence-corrected chi connectivity index (χ2v) is 7.07. The lowest BCUT2D eigenvalue weighted by Gasteiger charge is -2.11. The number of halogens is 3. The number of benzene rings is 1. The Kier molecular flexibility index (Phi) is 7.67. The molecule has 0 saturated carbocycles. The Morgan fingerprint density at radius 1 is 1.24 bits per heavy atom. The second kappa shape index (κ2) is 10.6. The lowest BCUT2D eigenvalue weighted by atomic mass is 10.0. The van der Waals surface area contributed by atoms with Crippen LogP contribution in [0.2, 0.25) is 0 Å². The second-order valence-electron chi connectivity index (χ2n) is 7.07. The van der Waals surface area contributed by atoms with E-state index in [1.165, 1.54) is 31.5 Å². The number of hydrogen-bond acceptors (Lipinski definition) is 6. The number of methoxy groups -OCH3 is 1. The molecular weight excluding hydrogens is 451 g/mol. The lowest BCUT2D eigenvalue weighted by Crippen LogP contribution is -2.17. The van der Waals surface area contributed by atoms with E-state index in [4.69, 9.17) is 4.74 Å². The fraction of sp³-hybridized carbons (Fsp3) is 0.217. The molecule has 8 nitrogen and oxygen atoms in total.